The largest absolute Gasteiger partial charge is 1.00 e. The molecule has 2 rings (SSSR count). The van der Waals surface area contributed by atoms with Crippen LogP contribution in [0.15, 0.2) is 42.6 Å². The van der Waals surface area contributed by atoms with Crippen LogP contribution in [0.5, 0.6) is 11.5 Å². The first-order valence-corrected chi connectivity index (χ1v) is 15.6. The summed E-state index contributed by atoms with van der Waals surface area (Å²) in [5.41, 5.74) is 1.62. The van der Waals surface area contributed by atoms with Crippen LogP contribution >= 0.6 is 0 Å². The lowest BCUT2D eigenvalue weighted by molar-refractivity contribution is -0.700. The maximum Gasteiger partial charge on any atom is 0.260 e. The lowest BCUT2D eigenvalue weighted by Crippen LogP contribution is -3.00. The van der Waals surface area contributed by atoms with Gasteiger partial charge >= 0.3 is 0 Å². The zero-order chi connectivity index (χ0) is 29.0. The van der Waals surface area contributed by atoms with Gasteiger partial charge < -0.3 is 33.5 Å². The first-order valence-electron chi connectivity index (χ1n) is 15.6. The van der Waals surface area contributed by atoms with Gasteiger partial charge in [0.15, 0.2) is 23.4 Å². The minimum atomic E-state index is -0.310. The van der Waals surface area contributed by atoms with Crippen LogP contribution in [-0.4, -0.2) is 37.0 Å². The predicted molar refractivity (Wildman–Crippen MR) is 162 cm³/mol. The minimum absolute atomic E-state index is 0. The molecule has 0 fully saturated rings. The molecule has 0 saturated carbocycles. The van der Waals surface area contributed by atoms with E-state index in [1.54, 1.807) is 25.3 Å². The number of unbranched alkanes of at least 4 members (excludes halogenated alkanes) is 11. The van der Waals surface area contributed by atoms with E-state index in [1.807, 2.05) is 12.1 Å². The molecule has 0 atom stereocenters. The number of hydrogen-bond acceptors (Lipinski definition) is 4. The van der Waals surface area contributed by atoms with Crippen LogP contribution in [0.4, 0.5) is 0 Å². The standard InChI is InChI=1S/C34H53N2O4.HI/c1-5-7-8-9-10-11-12-13-14-15-16-19-27-40-32-24-23-30(28-33(32)39-4)34(38)36(29(3)37)26-20-22-31-21-17-18-25-35(31)6-2;/h17-18,21,23-25,28H,5-16,19-20,22,26-27H2,1-4H3;1H/q+1;/p-1. The number of imide groups is 1. The second kappa shape index (κ2) is 22.4. The summed E-state index contributed by atoms with van der Waals surface area (Å²) in [4.78, 5) is 26.9. The van der Waals surface area contributed by atoms with Crippen LogP contribution in [0, 0.1) is 0 Å². The van der Waals surface area contributed by atoms with Gasteiger partial charge in [0.2, 0.25) is 5.91 Å². The van der Waals surface area contributed by atoms with Crippen LogP contribution in [-0.2, 0) is 17.8 Å². The fraction of sp³-hybridized carbons (Fsp3) is 0.618. The molecule has 0 saturated heterocycles. The van der Waals surface area contributed by atoms with Crippen molar-refractivity contribution in [2.75, 3.05) is 20.3 Å². The second-order valence-corrected chi connectivity index (χ2v) is 10.7. The van der Waals surface area contributed by atoms with Gasteiger partial charge in [0.1, 0.15) is 6.54 Å². The average molecular weight is 681 g/mol. The summed E-state index contributed by atoms with van der Waals surface area (Å²) in [5, 5.41) is 0. The van der Waals surface area contributed by atoms with E-state index >= 15 is 0 Å². The molecule has 0 spiro atoms. The molecule has 2 aromatic rings. The molecule has 1 aromatic carbocycles. The van der Waals surface area contributed by atoms with E-state index in [2.05, 4.69) is 30.7 Å². The Morgan fingerprint density at radius 2 is 1.44 bits per heavy atom. The number of amides is 2. The number of rotatable bonds is 21. The normalized spacial score (nSPS) is 10.6. The predicted octanol–water partition coefficient (Wildman–Crippen LogP) is 4.71. The highest BCUT2D eigenvalue weighted by Gasteiger charge is 2.22. The third-order valence-corrected chi connectivity index (χ3v) is 7.48. The number of pyridine rings is 1. The van der Waals surface area contributed by atoms with Gasteiger partial charge in [-0.1, -0.05) is 83.6 Å². The van der Waals surface area contributed by atoms with Crippen LogP contribution in [0.25, 0.3) is 0 Å². The van der Waals surface area contributed by atoms with E-state index in [4.69, 9.17) is 9.47 Å². The molecule has 1 aromatic heterocycles. The minimum Gasteiger partial charge on any atom is -1.00 e. The lowest BCUT2D eigenvalue weighted by Gasteiger charge is -2.20. The Labute approximate surface area is 266 Å². The van der Waals surface area contributed by atoms with Crippen LogP contribution in [0.2, 0.25) is 0 Å². The number of aryl methyl sites for hydroxylation is 2. The van der Waals surface area contributed by atoms with Crippen LogP contribution in [0.3, 0.4) is 0 Å². The van der Waals surface area contributed by atoms with Gasteiger partial charge in [0, 0.05) is 37.6 Å². The van der Waals surface area contributed by atoms with E-state index in [1.165, 1.54) is 81.7 Å². The summed E-state index contributed by atoms with van der Waals surface area (Å²) in [7, 11) is 1.58. The highest BCUT2D eigenvalue weighted by molar-refractivity contribution is 6.04. The highest BCUT2D eigenvalue weighted by atomic mass is 127. The van der Waals surface area contributed by atoms with Crippen molar-refractivity contribution >= 4 is 11.8 Å². The molecule has 0 aliphatic carbocycles. The zero-order valence-corrected chi connectivity index (χ0v) is 28.1. The topological polar surface area (TPSA) is 59.7 Å². The molecule has 0 bridgehead atoms. The highest BCUT2D eigenvalue weighted by Crippen LogP contribution is 2.29. The molecule has 0 radical (unpaired) electrons. The molecule has 0 unspecified atom stereocenters. The van der Waals surface area contributed by atoms with Gasteiger partial charge in [0.05, 0.1) is 13.7 Å². The zero-order valence-electron chi connectivity index (χ0n) is 26.0. The molecule has 1 heterocycles. The maximum absolute atomic E-state index is 13.2. The van der Waals surface area contributed by atoms with E-state index in [0.717, 1.165) is 25.8 Å². The third-order valence-electron chi connectivity index (χ3n) is 7.48. The van der Waals surface area contributed by atoms with Crippen molar-refractivity contribution in [1.82, 2.24) is 4.90 Å². The molecule has 2 amide bonds. The Hall–Kier alpha value is -2.16. The van der Waals surface area contributed by atoms with E-state index in [-0.39, 0.29) is 35.8 Å². The van der Waals surface area contributed by atoms with Crippen molar-refractivity contribution in [3.8, 4) is 11.5 Å². The van der Waals surface area contributed by atoms with Crippen molar-refractivity contribution in [3.63, 3.8) is 0 Å². The quantitative estimate of drug-likeness (QED) is 0.109. The van der Waals surface area contributed by atoms with Crippen molar-refractivity contribution < 1.29 is 47.6 Å². The number of carbonyl (C=O) groups is 2. The molecular weight excluding hydrogens is 627 g/mol. The SMILES string of the molecule is CCCCCCCCCCCCCCOc1ccc(C(=O)N(CCCc2cccc[n+]2CC)C(C)=O)cc1OC.[I-]. The molecule has 0 N–H and O–H groups in total. The summed E-state index contributed by atoms with van der Waals surface area (Å²) in [6, 6.07) is 11.3. The molecule has 0 aliphatic heterocycles. The van der Waals surface area contributed by atoms with Gasteiger partial charge in [-0.15, -0.1) is 0 Å². The number of benzene rings is 1. The van der Waals surface area contributed by atoms with Crippen molar-refractivity contribution in [3.05, 3.63) is 53.9 Å². The molecule has 41 heavy (non-hydrogen) atoms. The van der Waals surface area contributed by atoms with Crippen molar-refractivity contribution in [2.45, 2.75) is 117 Å². The number of methoxy groups -OCH3 is 1. The van der Waals surface area contributed by atoms with Crippen molar-refractivity contribution in [1.29, 1.82) is 0 Å². The van der Waals surface area contributed by atoms with E-state index in [9.17, 15) is 9.59 Å². The molecular formula is C34H53IN2O4. The summed E-state index contributed by atoms with van der Waals surface area (Å²) < 4.78 is 13.7. The van der Waals surface area contributed by atoms with Crippen LogP contribution in [0.1, 0.15) is 120 Å². The molecule has 0 aliphatic rings. The Morgan fingerprint density at radius 3 is 2.02 bits per heavy atom. The van der Waals surface area contributed by atoms with E-state index < -0.39 is 0 Å². The van der Waals surface area contributed by atoms with E-state index in [0.29, 0.717) is 36.6 Å². The molecule has 7 heteroatoms. The van der Waals surface area contributed by atoms with Crippen LogP contribution < -0.4 is 38.0 Å². The summed E-state index contributed by atoms with van der Waals surface area (Å²) >= 11 is 0. The number of aromatic nitrogens is 1. The Balaban J connectivity index is 0.00000840. The average Bonchev–Trinajstić information content (AvgIpc) is 2.97. The smallest absolute Gasteiger partial charge is 0.260 e. The van der Waals surface area contributed by atoms with Gasteiger partial charge in [-0.2, -0.15) is 0 Å². The molecule has 6 nitrogen and oxygen atoms in total. The van der Waals surface area contributed by atoms with Crippen molar-refractivity contribution in [2.24, 2.45) is 0 Å². The molecule has 230 valence electrons. The number of halogens is 1. The Morgan fingerprint density at radius 1 is 0.805 bits per heavy atom. The number of hydrogen-bond donors (Lipinski definition) is 0. The summed E-state index contributed by atoms with van der Waals surface area (Å²) in [6.45, 7) is 7.69. The number of nitrogens with zero attached hydrogens (tertiary/aromatic N) is 2. The first-order chi connectivity index (χ1) is 19.5. The second-order valence-electron chi connectivity index (χ2n) is 10.7. The Kier molecular flexibility index (Phi) is 20.2. The Bertz CT molecular complexity index is 1010. The summed E-state index contributed by atoms with van der Waals surface area (Å²) in [6.07, 6.45) is 19.2. The number of ether oxygens (including phenoxy) is 2. The first kappa shape index (κ1) is 36.9. The summed E-state index contributed by atoms with van der Waals surface area (Å²) in [5.74, 6) is 0.577. The van der Waals surface area contributed by atoms with Gasteiger partial charge in [-0.25, -0.2) is 4.57 Å². The fourth-order valence-electron chi connectivity index (χ4n) is 5.07. The van der Waals surface area contributed by atoms with Gasteiger partial charge in [-0.05, 0) is 38.0 Å². The maximum atomic E-state index is 13.2. The lowest BCUT2D eigenvalue weighted by atomic mass is 10.1. The van der Waals surface area contributed by atoms with Gasteiger partial charge in [0.25, 0.3) is 5.91 Å². The monoisotopic (exact) mass is 680 g/mol. The fourth-order valence-corrected chi connectivity index (χ4v) is 5.07. The number of carbonyl (C=O) groups excluding carboxylic acids is 2. The third kappa shape index (κ3) is 14.0. The van der Waals surface area contributed by atoms with Gasteiger partial charge in [-0.3, -0.25) is 14.5 Å².